The summed E-state index contributed by atoms with van der Waals surface area (Å²) in [5, 5.41) is 1.12. The fraction of sp³-hybridized carbons (Fsp3) is 0. The van der Waals surface area contributed by atoms with Crippen molar-refractivity contribution in [3.63, 3.8) is 0 Å². The van der Waals surface area contributed by atoms with E-state index in [2.05, 4.69) is 22.4 Å². The Balaban J connectivity index is 0.00000196. The molecule has 0 aliphatic carbocycles. The monoisotopic (exact) mass is 421 g/mol. The molecule has 0 N–H and O–H groups in total. The van der Waals surface area contributed by atoms with Crippen LogP contribution < -0.4 is 0 Å². The van der Waals surface area contributed by atoms with Crippen molar-refractivity contribution in [3.05, 3.63) is 53.0 Å². The first kappa shape index (κ1) is 14.5. The van der Waals surface area contributed by atoms with Crippen molar-refractivity contribution in [1.82, 2.24) is 0 Å². The SMILES string of the molecule is [Au+].[C-]#[N+]/C(=C/[S-])OOSc1ccccc1. The predicted octanol–water partition coefficient (Wildman–Crippen LogP) is 2.90. The van der Waals surface area contributed by atoms with Gasteiger partial charge in [0, 0.05) is 4.90 Å². The molecule has 6 heteroatoms. The second-order valence-corrected chi connectivity index (χ2v) is 3.13. The van der Waals surface area contributed by atoms with Crippen LogP contribution in [0, 0.1) is 6.57 Å². The molecule has 0 saturated heterocycles. The van der Waals surface area contributed by atoms with E-state index >= 15 is 0 Å². The van der Waals surface area contributed by atoms with Gasteiger partial charge in [0.05, 0.1) is 18.6 Å². The molecule has 82 valence electrons. The molecule has 0 aliphatic rings. The maximum Gasteiger partial charge on any atom is 1.00 e. The molecule has 0 saturated carbocycles. The Bertz CT molecular complexity index is 351. The fourth-order valence-electron chi connectivity index (χ4n) is 0.632. The molecule has 0 fully saturated rings. The van der Waals surface area contributed by atoms with E-state index in [4.69, 9.17) is 10.9 Å². The molecule has 0 spiro atoms. The summed E-state index contributed by atoms with van der Waals surface area (Å²) in [5.74, 6) is -0.0524. The van der Waals surface area contributed by atoms with Crippen LogP contribution in [-0.4, -0.2) is 0 Å². The van der Waals surface area contributed by atoms with Crippen molar-refractivity contribution in [1.29, 1.82) is 0 Å². The minimum atomic E-state index is -0.0524. The van der Waals surface area contributed by atoms with Crippen LogP contribution in [-0.2, 0) is 44.2 Å². The summed E-state index contributed by atoms with van der Waals surface area (Å²) >= 11 is 5.54. The summed E-state index contributed by atoms with van der Waals surface area (Å²) in [6, 6.07) is 9.39. The first-order valence-corrected chi connectivity index (χ1v) is 4.84. The summed E-state index contributed by atoms with van der Waals surface area (Å²) in [5.41, 5.74) is 0. The van der Waals surface area contributed by atoms with Crippen molar-refractivity contribution in [2.24, 2.45) is 0 Å². The minimum Gasteiger partial charge on any atom is -0.796 e. The van der Waals surface area contributed by atoms with Crippen molar-refractivity contribution in [2.75, 3.05) is 0 Å². The normalized spacial score (nSPS) is 9.93. The molecule has 15 heavy (non-hydrogen) atoms. The van der Waals surface area contributed by atoms with Gasteiger partial charge in [0.15, 0.2) is 0 Å². The van der Waals surface area contributed by atoms with Crippen LogP contribution in [0.15, 0.2) is 46.5 Å². The molecule has 0 unspecified atom stereocenters. The second kappa shape index (κ2) is 8.80. The van der Waals surface area contributed by atoms with Gasteiger partial charge in [-0.2, -0.15) is 10.3 Å². The zero-order valence-corrected chi connectivity index (χ0v) is 11.1. The van der Waals surface area contributed by atoms with Gasteiger partial charge >= 0.3 is 28.3 Å². The van der Waals surface area contributed by atoms with Gasteiger partial charge in [-0.3, -0.25) is 0 Å². The Kier molecular flexibility index (Phi) is 8.52. The number of hydrogen-bond acceptors (Lipinski definition) is 4. The van der Waals surface area contributed by atoms with Crippen molar-refractivity contribution in [2.45, 2.75) is 4.90 Å². The third-order valence-electron chi connectivity index (χ3n) is 1.20. The first-order chi connectivity index (χ1) is 6.86. The van der Waals surface area contributed by atoms with E-state index in [0.717, 1.165) is 22.3 Å². The van der Waals surface area contributed by atoms with Crippen LogP contribution in [0.5, 0.6) is 0 Å². The Morgan fingerprint density at radius 1 is 1.40 bits per heavy atom. The molecule has 1 aromatic carbocycles. The third kappa shape index (κ3) is 5.85. The van der Waals surface area contributed by atoms with Crippen molar-refractivity contribution in [3.8, 4) is 0 Å². The number of benzene rings is 1. The van der Waals surface area contributed by atoms with E-state index in [1.54, 1.807) is 0 Å². The van der Waals surface area contributed by atoms with Gasteiger partial charge in [-0.15, -0.1) is 4.33 Å². The minimum absolute atomic E-state index is 0. The summed E-state index contributed by atoms with van der Waals surface area (Å²) in [6.07, 6.45) is 0. The van der Waals surface area contributed by atoms with Crippen LogP contribution in [0.3, 0.4) is 0 Å². The first-order valence-electron chi connectivity index (χ1n) is 3.62. The number of nitrogens with zero attached hydrogens (tertiary/aromatic N) is 1. The largest absolute Gasteiger partial charge is 1.00 e. The van der Waals surface area contributed by atoms with Gasteiger partial charge in [0.25, 0.3) is 0 Å². The zero-order chi connectivity index (χ0) is 10.2. The van der Waals surface area contributed by atoms with E-state index in [1.807, 2.05) is 30.3 Å². The Labute approximate surface area is 114 Å². The molecule has 0 heterocycles. The topological polar surface area (TPSA) is 22.8 Å². The maximum absolute atomic E-state index is 6.62. The quantitative estimate of drug-likeness (QED) is 0.142. The van der Waals surface area contributed by atoms with Crippen molar-refractivity contribution >= 4 is 24.7 Å². The van der Waals surface area contributed by atoms with E-state index in [-0.39, 0.29) is 28.3 Å². The summed E-state index contributed by atoms with van der Waals surface area (Å²) in [7, 11) is 0. The smallest absolute Gasteiger partial charge is 0.796 e. The van der Waals surface area contributed by atoms with Gasteiger partial charge in [0.1, 0.15) is 0 Å². The standard InChI is InChI=1S/C9H7NO2S2.Au/c1-10-9(7-13)11-12-14-8-5-3-2-4-6-8;/h2-7,13H;/q;+1/p-1/b9-7-;. The van der Waals surface area contributed by atoms with Gasteiger partial charge in [-0.25, -0.2) is 0 Å². The Morgan fingerprint density at radius 3 is 2.60 bits per heavy atom. The molecular formula is C9H6AuNO2S2. The summed E-state index contributed by atoms with van der Waals surface area (Å²) in [6.45, 7) is 6.62. The number of rotatable bonds is 4. The maximum atomic E-state index is 6.62. The molecular weight excluding hydrogens is 415 g/mol. The fourth-order valence-corrected chi connectivity index (χ4v) is 1.17. The third-order valence-corrected chi connectivity index (χ3v) is 2.01. The summed E-state index contributed by atoms with van der Waals surface area (Å²) in [4.78, 5) is 8.48. The van der Waals surface area contributed by atoms with E-state index in [0.29, 0.717) is 0 Å². The van der Waals surface area contributed by atoms with E-state index in [9.17, 15) is 0 Å². The van der Waals surface area contributed by atoms with Gasteiger partial charge < -0.3 is 17.5 Å². The molecule has 0 bridgehead atoms. The number of hydrogen-bond donors (Lipinski definition) is 0. The molecule has 1 rings (SSSR count). The van der Waals surface area contributed by atoms with Crippen LogP contribution in [0.25, 0.3) is 4.85 Å². The average Bonchev–Trinajstić information content (AvgIpc) is 2.26. The van der Waals surface area contributed by atoms with Gasteiger partial charge in [-0.1, -0.05) is 18.2 Å². The molecule has 0 amide bonds. The molecule has 0 atom stereocenters. The molecule has 3 nitrogen and oxygen atoms in total. The zero-order valence-electron chi connectivity index (χ0n) is 7.35. The van der Waals surface area contributed by atoms with E-state index in [1.165, 1.54) is 0 Å². The van der Waals surface area contributed by atoms with Crippen LogP contribution in [0.4, 0.5) is 0 Å². The average molecular weight is 421 g/mol. The van der Waals surface area contributed by atoms with Crippen LogP contribution in [0.1, 0.15) is 0 Å². The van der Waals surface area contributed by atoms with Gasteiger partial charge in [-0.05, 0) is 12.1 Å². The van der Waals surface area contributed by atoms with Gasteiger partial charge in [0.2, 0.25) is 0 Å². The predicted molar refractivity (Wildman–Crippen MR) is 56.5 cm³/mol. The van der Waals surface area contributed by atoms with Crippen molar-refractivity contribution < 1.29 is 31.6 Å². The van der Waals surface area contributed by atoms with Crippen LogP contribution in [0.2, 0.25) is 0 Å². The second-order valence-electron chi connectivity index (χ2n) is 2.12. The molecule has 0 radical (unpaired) electrons. The summed E-state index contributed by atoms with van der Waals surface area (Å²) < 4.78 is 4.73. The Hall–Kier alpha value is -0.480. The Morgan fingerprint density at radius 2 is 2.07 bits per heavy atom. The van der Waals surface area contributed by atoms with Crippen LogP contribution >= 0.6 is 12.0 Å². The van der Waals surface area contributed by atoms with E-state index < -0.39 is 0 Å². The molecule has 0 aromatic heterocycles. The molecule has 1 aromatic rings. The molecule has 0 aliphatic heterocycles.